The van der Waals surface area contributed by atoms with Gasteiger partial charge in [0.05, 0.1) is 23.4 Å². The quantitative estimate of drug-likeness (QED) is 0.760. The van der Waals surface area contributed by atoms with Gasteiger partial charge >= 0.3 is 6.18 Å². The van der Waals surface area contributed by atoms with E-state index in [-0.39, 0.29) is 5.41 Å². The number of rotatable bonds is 2. The van der Waals surface area contributed by atoms with Crippen molar-refractivity contribution in [2.75, 3.05) is 42.6 Å². The van der Waals surface area contributed by atoms with Crippen LogP contribution in [0.3, 0.4) is 0 Å². The molecule has 0 N–H and O–H groups in total. The van der Waals surface area contributed by atoms with Gasteiger partial charge in [-0.05, 0) is 50.9 Å². The average molecular weight is 403 g/mol. The zero-order chi connectivity index (χ0) is 19.3. The van der Waals surface area contributed by atoms with Crippen LogP contribution in [0.5, 0.6) is 0 Å². The molecule has 1 aromatic rings. The summed E-state index contributed by atoms with van der Waals surface area (Å²) in [6, 6.07) is 2.90. The van der Waals surface area contributed by atoms with Crippen LogP contribution in [0.25, 0.3) is 0 Å². The Hall–Kier alpha value is -1.35. The summed E-state index contributed by atoms with van der Waals surface area (Å²) in [6.07, 6.45) is 0.796. The van der Waals surface area contributed by atoms with Gasteiger partial charge in [-0.1, -0.05) is 0 Å². The van der Waals surface area contributed by atoms with E-state index in [2.05, 4.69) is 14.8 Å². The van der Waals surface area contributed by atoms with Crippen molar-refractivity contribution in [2.45, 2.75) is 37.9 Å². The van der Waals surface area contributed by atoms with E-state index in [1.165, 1.54) is 12.3 Å². The van der Waals surface area contributed by atoms with E-state index in [4.69, 9.17) is 0 Å². The number of pyridine rings is 1. The Kier molecular flexibility index (Phi) is 4.65. The summed E-state index contributed by atoms with van der Waals surface area (Å²) >= 11 is 0. The molecule has 1 atom stereocenters. The van der Waals surface area contributed by atoms with Crippen LogP contribution in [0.15, 0.2) is 18.3 Å². The van der Waals surface area contributed by atoms with Gasteiger partial charge < -0.3 is 4.90 Å². The van der Waals surface area contributed by atoms with Crippen molar-refractivity contribution < 1.29 is 21.6 Å². The van der Waals surface area contributed by atoms with Gasteiger partial charge in [-0.15, -0.1) is 0 Å². The van der Waals surface area contributed by atoms with Crippen LogP contribution in [-0.4, -0.2) is 62.0 Å². The molecule has 3 aliphatic rings. The first-order valence-electron chi connectivity index (χ1n) is 9.39. The second-order valence-corrected chi connectivity index (χ2v) is 10.3. The normalized spacial score (nSPS) is 28.1. The molecule has 1 aromatic heterocycles. The molecule has 5 nitrogen and oxygen atoms in total. The minimum atomic E-state index is -4.41. The number of hydrogen-bond donors (Lipinski definition) is 0. The highest BCUT2D eigenvalue weighted by Crippen LogP contribution is 2.43. The van der Waals surface area contributed by atoms with E-state index < -0.39 is 21.7 Å². The van der Waals surface area contributed by atoms with Gasteiger partial charge in [-0.25, -0.2) is 13.4 Å². The molecular formula is C18H24F3N3O2S. The van der Waals surface area contributed by atoms with Gasteiger partial charge in [0.2, 0.25) is 0 Å². The number of nitrogens with zero attached hydrogens (tertiary/aromatic N) is 3. The van der Waals surface area contributed by atoms with Crippen molar-refractivity contribution in [1.29, 1.82) is 0 Å². The molecule has 0 saturated carbocycles. The topological polar surface area (TPSA) is 53.5 Å². The van der Waals surface area contributed by atoms with E-state index in [1.54, 1.807) is 0 Å². The van der Waals surface area contributed by atoms with Crippen molar-refractivity contribution in [1.82, 2.24) is 9.88 Å². The van der Waals surface area contributed by atoms with Crippen molar-refractivity contribution in [3.63, 3.8) is 0 Å². The molecule has 0 bridgehead atoms. The minimum Gasteiger partial charge on any atom is -0.369 e. The second kappa shape index (κ2) is 6.62. The van der Waals surface area contributed by atoms with Crippen LogP contribution in [0, 0.1) is 5.41 Å². The number of hydrogen-bond acceptors (Lipinski definition) is 5. The lowest BCUT2D eigenvalue weighted by atomic mass is 9.80. The summed E-state index contributed by atoms with van der Waals surface area (Å²) in [5.74, 6) is 0.670. The molecule has 4 rings (SSSR count). The molecule has 0 amide bonds. The lowest BCUT2D eigenvalue weighted by Crippen LogP contribution is -2.58. The van der Waals surface area contributed by atoms with Gasteiger partial charge in [0.15, 0.2) is 9.84 Å². The van der Waals surface area contributed by atoms with E-state index in [1.807, 2.05) is 0 Å². The van der Waals surface area contributed by atoms with Crippen LogP contribution in [0.2, 0.25) is 0 Å². The third kappa shape index (κ3) is 3.94. The van der Waals surface area contributed by atoms with Gasteiger partial charge in [0, 0.05) is 24.5 Å². The first kappa shape index (κ1) is 19.0. The molecule has 0 radical (unpaired) electrons. The molecule has 4 heterocycles. The number of halogens is 3. The summed E-state index contributed by atoms with van der Waals surface area (Å²) < 4.78 is 61.1. The number of likely N-dealkylation sites (tertiary alicyclic amines) is 1. The van der Waals surface area contributed by atoms with Gasteiger partial charge in [0.25, 0.3) is 0 Å². The van der Waals surface area contributed by atoms with Crippen LogP contribution in [-0.2, 0) is 16.0 Å². The van der Waals surface area contributed by atoms with Gasteiger partial charge in [-0.3, -0.25) is 4.90 Å². The molecule has 150 valence electrons. The van der Waals surface area contributed by atoms with E-state index in [0.29, 0.717) is 17.5 Å². The van der Waals surface area contributed by atoms with Gasteiger partial charge in [0.1, 0.15) is 5.69 Å². The maximum Gasteiger partial charge on any atom is 0.433 e. The predicted octanol–water partition coefficient (Wildman–Crippen LogP) is 2.58. The molecule has 3 aliphatic heterocycles. The number of anilines is 1. The van der Waals surface area contributed by atoms with E-state index in [0.717, 1.165) is 63.6 Å². The standard InChI is InChI=1S/C18H24F3N3O2S/c19-18(20,21)16-4-3-14(10-22-16)24-7-1-2-15(11-24)23-8-5-17(6-9-23)12-27(25,26)13-17/h3-4,10,15H,1-2,5-9,11-13H2/t15-/m0/s1. The van der Waals surface area contributed by atoms with Crippen LogP contribution >= 0.6 is 0 Å². The van der Waals surface area contributed by atoms with E-state index >= 15 is 0 Å². The van der Waals surface area contributed by atoms with E-state index in [9.17, 15) is 21.6 Å². The minimum absolute atomic E-state index is 0.00102. The maximum atomic E-state index is 12.7. The maximum absolute atomic E-state index is 12.7. The fourth-order valence-corrected chi connectivity index (χ4v) is 7.13. The van der Waals surface area contributed by atoms with Crippen molar-refractivity contribution in [3.8, 4) is 0 Å². The predicted molar refractivity (Wildman–Crippen MR) is 96.4 cm³/mol. The Balaban J connectivity index is 1.36. The fourth-order valence-electron chi connectivity index (χ4n) is 4.77. The largest absolute Gasteiger partial charge is 0.433 e. The highest BCUT2D eigenvalue weighted by Gasteiger charge is 2.50. The molecule has 3 fully saturated rings. The molecule has 1 spiro atoms. The Morgan fingerprint density at radius 2 is 1.81 bits per heavy atom. The summed E-state index contributed by atoms with van der Waals surface area (Å²) in [7, 11) is -2.80. The zero-order valence-corrected chi connectivity index (χ0v) is 15.9. The Labute approximate surface area is 157 Å². The zero-order valence-electron chi connectivity index (χ0n) is 15.1. The Morgan fingerprint density at radius 3 is 2.37 bits per heavy atom. The van der Waals surface area contributed by atoms with Crippen LogP contribution in [0.1, 0.15) is 31.4 Å². The molecule has 27 heavy (non-hydrogen) atoms. The molecular weight excluding hydrogens is 379 g/mol. The monoisotopic (exact) mass is 403 g/mol. The number of sulfone groups is 1. The molecule has 0 unspecified atom stereocenters. The molecule has 0 aliphatic carbocycles. The number of piperidine rings is 2. The third-order valence-electron chi connectivity index (χ3n) is 6.23. The smallest absolute Gasteiger partial charge is 0.369 e. The van der Waals surface area contributed by atoms with Crippen molar-refractivity contribution in [2.24, 2.45) is 5.41 Å². The van der Waals surface area contributed by atoms with Crippen LogP contribution in [0.4, 0.5) is 18.9 Å². The highest BCUT2D eigenvalue weighted by atomic mass is 32.2. The summed E-state index contributed by atoms with van der Waals surface area (Å²) in [5, 5.41) is 0. The first-order valence-corrected chi connectivity index (χ1v) is 11.2. The Morgan fingerprint density at radius 1 is 1.11 bits per heavy atom. The molecule has 3 saturated heterocycles. The van der Waals surface area contributed by atoms with Crippen molar-refractivity contribution in [3.05, 3.63) is 24.0 Å². The Bertz CT molecular complexity index is 773. The number of aromatic nitrogens is 1. The molecule has 0 aromatic carbocycles. The number of alkyl halides is 3. The van der Waals surface area contributed by atoms with Gasteiger partial charge in [-0.2, -0.15) is 13.2 Å². The van der Waals surface area contributed by atoms with Crippen molar-refractivity contribution >= 4 is 15.5 Å². The summed E-state index contributed by atoms with van der Waals surface area (Å²) in [5.41, 5.74) is -0.135. The highest BCUT2D eigenvalue weighted by molar-refractivity contribution is 7.92. The average Bonchev–Trinajstić information content (AvgIpc) is 2.60. The summed E-state index contributed by atoms with van der Waals surface area (Å²) in [6.45, 7) is 3.40. The summed E-state index contributed by atoms with van der Waals surface area (Å²) in [4.78, 5) is 8.12. The second-order valence-electron chi connectivity index (χ2n) is 8.21. The first-order chi connectivity index (χ1) is 12.7. The fraction of sp³-hybridized carbons (Fsp3) is 0.722. The van der Waals surface area contributed by atoms with Crippen LogP contribution < -0.4 is 4.90 Å². The third-order valence-corrected chi connectivity index (χ3v) is 8.33. The lowest BCUT2D eigenvalue weighted by molar-refractivity contribution is -0.141. The SMILES string of the molecule is O=S1(=O)CC2(CCN([C@H]3CCCN(c4ccc(C(F)(F)F)nc4)C3)CC2)C1. The molecule has 9 heteroatoms. The lowest BCUT2D eigenvalue weighted by Gasteiger charge is -2.50.